The maximum atomic E-state index is 13.1. The van der Waals surface area contributed by atoms with Crippen LogP contribution in [0.1, 0.15) is 0 Å². The summed E-state index contributed by atoms with van der Waals surface area (Å²) in [4.78, 5) is 15.0. The largest absolute Gasteiger partial charge is 0.506 e. The van der Waals surface area contributed by atoms with Gasteiger partial charge in [-0.05, 0) is 12.1 Å². The highest BCUT2D eigenvalue weighted by Crippen LogP contribution is 2.30. The van der Waals surface area contributed by atoms with Crippen molar-refractivity contribution in [2.24, 2.45) is 0 Å². The van der Waals surface area contributed by atoms with Crippen LogP contribution in [0.15, 0.2) is 122 Å². The van der Waals surface area contributed by atoms with E-state index in [9.17, 15) is 13.9 Å². The summed E-state index contributed by atoms with van der Waals surface area (Å²) < 4.78 is 41.5. The van der Waals surface area contributed by atoms with Crippen molar-refractivity contribution in [1.82, 2.24) is 19.9 Å². The van der Waals surface area contributed by atoms with Crippen LogP contribution in [0, 0.1) is 11.9 Å². The summed E-state index contributed by atoms with van der Waals surface area (Å²) in [6, 6.07) is 29.3. The topological polar surface area (TPSA) is 99.5 Å². The first-order valence-electron chi connectivity index (χ1n) is 15.2. The molecular formula is C39H30Cl2F2N4O4. The first kappa shape index (κ1) is 36.4. The van der Waals surface area contributed by atoms with Gasteiger partial charge in [0, 0.05) is 43.1 Å². The van der Waals surface area contributed by atoms with Crippen LogP contribution in [-0.2, 0) is 0 Å². The Bertz CT molecular complexity index is 2190. The lowest BCUT2D eigenvalue weighted by Crippen LogP contribution is -1.90. The highest BCUT2D eigenvalue weighted by atomic mass is 35.5. The minimum Gasteiger partial charge on any atom is -0.506 e. The van der Waals surface area contributed by atoms with E-state index in [4.69, 9.17) is 37.4 Å². The summed E-state index contributed by atoms with van der Waals surface area (Å²) >= 11 is 11.7. The fourth-order valence-electron chi connectivity index (χ4n) is 5.03. The Morgan fingerprint density at radius 1 is 0.431 bits per heavy atom. The molecule has 258 valence electrons. The molecule has 0 aliphatic heterocycles. The van der Waals surface area contributed by atoms with Crippen LogP contribution >= 0.6 is 23.2 Å². The summed E-state index contributed by atoms with van der Waals surface area (Å²) in [5, 5.41) is 16.2. The van der Waals surface area contributed by atoms with Gasteiger partial charge in [-0.15, -0.1) is 0 Å². The predicted octanol–water partition coefficient (Wildman–Crippen LogP) is 10.3. The third-order valence-electron chi connectivity index (χ3n) is 7.51. The van der Waals surface area contributed by atoms with Crippen LogP contribution in [0.25, 0.3) is 43.1 Å². The van der Waals surface area contributed by atoms with Crippen LogP contribution in [0.3, 0.4) is 0 Å². The van der Waals surface area contributed by atoms with Gasteiger partial charge in [0.15, 0.2) is 0 Å². The summed E-state index contributed by atoms with van der Waals surface area (Å²) in [5.74, 6) is 1.18. The molecule has 4 aromatic carbocycles. The first-order valence-corrected chi connectivity index (χ1v) is 16.0. The minimum absolute atomic E-state index is 0.162. The van der Waals surface area contributed by atoms with Gasteiger partial charge in [-0.2, -0.15) is 8.78 Å². The molecular weight excluding hydrogens is 697 g/mol. The second-order valence-corrected chi connectivity index (χ2v) is 11.2. The van der Waals surface area contributed by atoms with Gasteiger partial charge in [-0.1, -0.05) is 108 Å². The molecule has 0 saturated heterocycles. The van der Waals surface area contributed by atoms with Crippen molar-refractivity contribution in [3.05, 3.63) is 144 Å². The van der Waals surface area contributed by atoms with E-state index in [1.54, 1.807) is 70.0 Å². The van der Waals surface area contributed by atoms with Gasteiger partial charge in [0.25, 0.3) is 0 Å². The molecule has 8 aromatic rings. The molecule has 0 unspecified atom stereocenters. The molecule has 0 bridgehead atoms. The number of fused-ring (bicyclic) bond motifs is 4. The lowest BCUT2D eigenvalue weighted by molar-refractivity contribution is 0.416. The zero-order valence-electron chi connectivity index (χ0n) is 27.5. The number of nitrogens with zero attached hydrogens (tertiary/aromatic N) is 4. The summed E-state index contributed by atoms with van der Waals surface area (Å²) in [6.07, 6.45) is 5.75. The number of hydrogen-bond acceptors (Lipinski definition) is 8. The lowest BCUT2D eigenvalue weighted by Gasteiger charge is -2.04. The van der Waals surface area contributed by atoms with Crippen molar-refractivity contribution in [2.75, 3.05) is 21.3 Å². The van der Waals surface area contributed by atoms with Gasteiger partial charge < -0.3 is 19.3 Å². The molecule has 12 heteroatoms. The lowest BCUT2D eigenvalue weighted by atomic mass is 10.1. The van der Waals surface area contributed by atoms with Crippen molar-refractivity contribution in [1.29, 1.82) is 0 Å². The van der Waals surface area contributed by atoms with Crippen LogP contribution in [-0.4, -0.2) is 46.4 Å². The summed E-state index contributed by atoms with van der Waals surface area (Å²) in [5.41, 5.74) is 0. The summed E-state index contributed by atoms with van der Waals surface area (Å²) in [6.45, 7) is 0. The van der Waals surface area contributed by atoms with E-state index in [0.29, 0.717) is 32.6 Å². The van der Waals surface area contributed by atoms with E-state index in [1.807, 2.05) is 54.6 Å². The second-order valence-electron chi connectivity index (χ2n) is 10.5. The maximum Gasteiger partial charge on any atom is 0.220 e. The average Bonchev–Trinajstić information content (AvgIpc) is 3.18. The standard InChI is InChI=1S/C10H8ClNO.2C10H8FNO.C9H6ClNO/c3*1-13-9-6-12-10(11)8-5-3-2-4-7(8)9;10-9-7-4-2-1-3-6(7)8(12)5-11-9/h3*2-6H,1H3;1-5,12H. The van der Waals surface area contributed by atoms with Crippen molar-refractivity contribution >= 4 is 66.3 Å². The maximum absolute atomic E-state index is 13.1. The van der Waals surface area contributed by atoms with Gasteiger partial charge in [0.05, 0.1) is 46.1 Å². The molecule has 0 amide bonds. The first-order chi connectivity index (χ1) is 24.8. The Hall–Kier alpha value is -5.84. The predicted molar refractivity (Wildman–Crippen MR) is 198 cm³/mol. The Kier molecular flexibility index (Phi) is 12.3. The second kappa shape index (κ2) is 17.2. The van der Waals surface area contributed by atoms with Crippen LogP contribution < -0.4 is 14.2 Å². The van der Waals surface area contributed by atoms with E-state index >= 15 is 0 Å². The average molecular weight is 728 g/mol. The number of rotatable bonds is 3. The van der Waals surface area contributed by atoms with E-state index in [2.05, 4.69) is 19.9 Å². The quantitative estimate of drug-likeness (QED) is 0.180. The normalized spacial score (nSPS) is 10.3. The zero-order chi connectivity index (χ0) is 36.3. The van der Waals surface area contributed by atoms with Crippen molar-refractivity contribution < 1.29 is 28.1 Å². The fraction of sp³-hybridized carbons (Fsp3) is 0.0769. The van der Waals surface area contributed by atoms with E-state index in [-0.39, 0.29) is 5.75 Å². The highest BCUT2D eigenvalue weighted by Gasteiger charge is 2.07. The van der Waals surface area contributed by atoms with Crippen LogP contribution in [0.4, 0.5) is 8.78 Å². The highest BCUT2D eigenvalue weighted by molar-refractivity contribution is 6.34. The Morgan fingerprint density at radius 2 is 0.725 bits per heavy atom. The number of methoxy groups -OCH3 is 3. The SMILES string of the molecule is COc1cnc(Cl)c2ccccc12.COc1cnc(F)c2ccccc12.COc1cnc(F)c2ccccc12.Oc1cnc(Cl)c2ccccc12. The number of hydrogen-bond donors (Lipinski definition) is 1. The van der Waals surface area contributed by atoms with Crippen molar-refractivity contribution in [3.8, 4) is 23.0 Å². The number of aromatic hydroxyl groups is 1. The van der Waals surface area contributed by atoms with Gasteiger partial charge in [0.1, 0.15) is 33.3 Å². The van der Waals surface area contributed by atoms with Crippen molar-refractivity contribution in [2.45, 2.75) is 0 Å². The van der Waals surface area contributed by atoms with Gasteiger partial charge >= 0.3 is 0 Å². The third kappa shape index (κ3) is 8.49. The molecule has 0 fully saturated rings. The van der Waals surface area contributed by atoms with E-state index < -0.39 is 11.9 Å². The molecule has 4 aromatic heterocycles. The zero-order valence-corrected chi connectivity index (χ0v) is 29.0. The van der Waals surface area contributed by atoms with Crippen molar-refractivity contribution in [3.63, 3.8) is 0 Å². The van der Waals surface area contributed by atoms with Gasteiger partial charge in [0.2, 0.25) is 11.9 Å². The number of ether oxygens (including phenoxy) is 3. The fourth-order valence-corrected chi connectivity index (χ4v) is 5.46. The molecule has 51 heavy (non-hydrogen) atoms. The number of aromatic nitrogens is 4. The number of halogens is 4. The molecule has 0 radical (unpaired) electrons. The Balaban J connectivity index is 0.000000132. The Labute approximate surface area is 301 Å². The molecule has 0 atom stereocenters. The number of pyridine rings is 4. The Morgan fingerprint density at radius 3 is 1.12 bits per heavy atom. The molecule has 0 spiro atoms. The molecule has 4 heterocycles. The molecule has 8 nitrogen and oxygen atoms in total. The molecule has 1 N–H and O–H groups in total. The smallest absolute Gasteiger partial charge is 0.220 e. The van der Waals surface area contributed by atoms with Gasteiger partial charge in [-0.3, -0.25) is 0 Å². The monoisotopic (exact) mass is 726 g/mol. The van der Waals surface area contributed by atoms with Crippen LogP contribution in [0.5, 0.6) is 23.0 Å². The molecule has 0 aliphatic carbocycles. The minimum atomic E-state index is -0.462. The third-order valence-corrected chi connectivity index (χ3v) is 8.12. The molecule has 0 aliphatic rings. The van der Waals surface area contributed by atoms with Gasteiger partial charge in [-0.25, -0.2) is 19.9 Å². The summed E-state index contributed by atoms with van der Waals surface area (Å²) in [7, 11) is 4.71. The number of benzene rings is 4. The van der Waals surface area contributed by atoms with Crippen LogP contribution in [0.2, 0.25) is 10.3 Å². The molecule has 0 saturated carbocycles. The van der Waals surface area contributed by atoms with E-state index in [1.165, 1.54) is 18.6 Å². The molecule has 8 rings (SSSR count). The van der Waals surface area contributed by atoms with E-state index in [0.717, 1.165) is 38.1 Å².